The summed E-state index contributed by atoms with van der Waals surface area (Å²) in [6, 6.07) is 0. The number of allylic oxidation sites excluding steroid dienone is 1. The Labute approximate surface area is 267 Å². The van der Waals surface area contributed by atoms with Crippen LogP contribution in [0.1, 0.15) is 98.3 Å². The van der Waals surface area contributed by atoms with E-state index >= 15 is 0 Å². The monoisotopic (exact) mass is 630 g/mol. The molecule has 4 heterocycles. The molecule has 0 radical (unpaired) electrons. The van der Waals surface area contributed by atoms with Crippen molar-refractivity contribution in [3.05, 3.63) is 24.3 Å². The van der Waals surface area contributed by atoms with Crippen LogP contribution in [-0.4, -0.2) is 85.6 Å². The summed E-state index contributed by atoms with van der Waals surface area (Å²) in [6.07, 6.45) is 11.4. The summed E-state index contributed by atoms with van der Waals surface area (Å²) in [5, 5.41) is 48.0. The quantitative estimate of drug-likeness (QED) is 0.264. The number of aliphatic hydroxyl groups is 4. The summed E-state index contributed by atoms with van der Waals surface area (Å²) in [6.45, 7) is 11.4. The average Bonchev–Trinajstić information content (AvgIpc) is 3.64. The second-order valence-corrected chi connectivity index (χ2v) is 15.8. The highest BCUT2D eigenvalue weighted by Crippen LogP contribution is 2.74. The van der Waals surface area contributed by atoms with Gasteiger partial charge in [0.25, 0.3) is 0 Å². The van der Waals surface area contributed by atoms with Crippen LogP contribution in [0.4, 0.5) is 0 Å². The van der Waals surface area contributed by atoms with Crippen LogP contribution < -0.4 is 0 Å². The maximum Gasteiger partial charge on any atom is 0.306 e. The van der Waals surface area contributed by atoms with Gasteiger partial charge in [0.2, 0.25) is 0 Å². The topological polar surface area (TPSA) is 138 Å². The zero-order valence-corrected chi connectivity index (χ0v) is 27.5. The number of ether oxygens (including phenoxy) is 4. The van der Waals surface area contributed by atoms with Gasteiger partial charge < -0.3 is 39.4 Å². The van der Waals surface area contributed by atoms with Crippen LogP contribution in [0.5, 0.6) is 0 Å². The largest absolute Gasteiger partial charge is 0.393 e. The summed E-state index contributed by atoms with van der Waals surface area (Å²) in [5.41, 5.74) is -6.03. The van der Waals surface area contributed by atoms with Crippen LogP contribution in [0.2, 0.25) is 0 Å². The lowest BCUT2D eigenvalue weighted by Crippen LogP contribution is -2.77. The van der Waals surface area contributed by atoms with Crippen LogP contribution in [0, 0.1) is 35.5 Å². The highest BCUT2D eigenvalue weighted by atomic mass is 16.9. The summed E-state index contributed by atoms with van der Waals surface area (Å²) >= 11 is 0. The minimum Gasteiger partial charge on any atom is -0.393 e. The first-order valence-electron chi connectivity index (χ1n) is 17.7. The number of aliphatic hydroxyl groups excluding tert-OH is 3. The number of Topliss-reactive ketones (excluding diaryl/α,β-unsaturated/α-hetero) is 1. The van der Waals surface area contributed by atoms with E-state index in [-0.39, 0.29) is 11.8 Å². The molecule has 45 heavy (non-hydrogen) atoms. The van der Waals surface area contributed by atoms with Gasteiger partial charge in [-0.15, -0.1) is 0 Å². The van der Waals surface area contributed by atoms with Crippen molar-refractivity contribution >= 4 is 5.78 Å². The lowest BCUT2D eigenvalue weighted by Gasteiger charge is -2.62. The van der Waals surface area contributed by atoms with Crippen molar-refractivity contribution in [3.63, 3.8) is 0 Å². The van der Waals surface area contributed by atoms with E-state index in [9.17, 15) is 25.2 Å². The zero-order valence-electron chi connectivity index (χ0n) is 27.5. The maximum atomic E-state index is 14.4. The van der Waals surface area contributed by atoms with Crippen LogP contribution >= 0.6 is 0 Å². The molecule has 3 bridgehead atoms. The molecule has 0 aromatic carbocycles. The van der Waals surface area contributed by atoms with Gasteiger partial charge in [-0.25, -0.2) is 0 Å². The minimum absolute atomic E-state index is 0.0152. The van der Waals surface area contributed by atoms with E-state index in [1.165, 1.54) is 32.1 Å². The second kappa shape index (κ2) is 10.9. The number of hydrogen-bond donors (Lipinski definition) is 4. The smallest absolute Gasteiger partial charge is 0.306 e. The third-order valence-corrected chi connectivity index (χ3v) is 13.4. The Balaban J connectivity index is 1.44. The van der Waals surface area contributed by atoms with Crippen molar-refractivity contribution in [2.75, 3.05) is 6.61 Å². The highest BCUT2D eigenvalue weighted by molar-refractivity contribution is 5.93. The summed E-state index contributed by atoms with van der Waals surface area (Å²) < 4.78 is 27.0. The van der Waals surface area contributed by atoms with E-state index in [1.807, 2.05) is 26.8 Å². The first kappa shape index (κ1) is 32.4. The first-order valence-corrected chi connectivity index (χ1v) is 17.7. The van der Waals surface area contributed by atoms with E-state index in [1.54, 1.807) is 6.08 Å². The number of ketones is 1. The molecule has 0 amide bonds. The van der Waals surface area contributed by atoms with E-state index in [2.05, 4.69) is 13.5 Å². The van der Waals surface area contributed by atoms with Crippen LogP contribution in [0.3, 0.4) is 0 Å². The fourth-order valence-corrected chi connectivity index (χ4v) is 11.2. The Morgan fingerprint density at radius 1 is 0.956 bits per heavy atom. The van der Waals surface area contributed by atoms with Gasteiger partial charge in [0.1, 0.15) is 29.5 Å². The maximum absolute atomic E-state index is 14.4. The molecule has 6 fully saturated rings. The van der Waals surface area contributed by atoms with Crippen LogP contribution in [0.15, 0.2) is 24.3 Å². The van der Waals surface area contributed by atoms with Crippen LogP contribution in [0.25, 0.3) is 0 Å². The molecule has 9 nitrogen and oxygen atoms in total. The molecular formula is C36H54O9. The van der Waals surface area contributed by atoms with Gasteiger partial charge in [0, 0.05) is 29.7 Å². The number of epoxide rings is 1. The standard InChI is InChI=1S/C36H54O9/c1-20(2)35-28(39)23(5)36-25-29-32(19-37,42-29)31(40)34(41)26(36)24(22(4)27(34)38)21(3)17-15-13-11-9-7-6-8-10-12-14-16-18-33(44-35,45-36)43-30(25)35/h16,18,21-26,28-31,37,39-41H,1,6-15,17,19H2,2-5H3/b18-16+/t21?,22-,23+,24-,25-,26+,28+,29-,30+,31+,32-,33+,34+,35+,36+/m0/s1. The van der Waals surface area contributed by atoms with Gasteiger partial charge in [0.15, 0.2) is 11.4 Å². The molecule has 4 aliphatic heterocycles. The summed E-state index contributed by atoms with van der Waals surface area (Å²) in [4.78, 5) is 14.4. The molecular weight excluding hydrogens is 576 g/mol. The molecule has 7 aliphatic rings. The first-order chi connectivity index (χ1) is 21.4. The van der Waals surface area contributed by atoms with Gasteiger partial charge in [0.05, 0.1) is 18.3 Å². The second-order valence-electron chi connectivity index (χ2n) is 15.8. The molecule has 2 spiro atoms. The fourth-order valence-electron chi connectivity index (χ4n) is 11.2. The van der Waals surface area contributed by atoms with Crippen molar-refractivity contribution in [1.82, 2.24) is 0 Å². The minimum atomic E-state index is -2.28. The summed E-state index contributed by atoms with van der Waals surface area (Å²) in [7, 11) is 0. The number of fused-ring (bicyclic) bond motifs is 1. The zero-order chi connectivity index (χ0) is 32.2. The molecule has 0 aromatic heterocycles. The summed E-state index contributed by atoms with van der Waals surface area (Å²) in [5.74, 6) is -5.32. The third kappa shape index (κ3) is 4.05. The van der Waals surface area contributed by atoms with E-state index < -0.39 is 88.9 Å². The number of rotatable bonds is 2. The molecule has 4 N–H and O–H groups in total. The van der Waals surface area contributed by atoms with Crippen molar-refractivity contribution in [2.45, 2.75) is 151 Å². The van der Waals surface area contributed by atoms with Gasteiger partial charge in [-0.1, -0.05) is 91.2 Å². The number of carbonyl (C=O) groups excluding carboxylic acids is 1. The van der Waals surface area contributed by atoms with Gasteiger partial charge in [-0.2, -0.15) is 0 Å². The highest BCUT2D eigenvalue weighted by Gasteiger charge is 2.91. The SMILES string of the molecule is C=C(C)[C@]12O[C@@]34/C=C/CCCCCCCCCCCC(C)[C@H]5[C@H](C)C(=O)[C@@]6(O)[C@H](O)[C@@]7(CO)O[C@H]7[C@@H]([C@H]1O3)[C@](O4)([C@H](C)[C@H]2O)[C@H]56. The Hall–Kier alpha value is -1.17. The molecule has 3 saturated carbocycles. The normalized spacial score (nSPS) is 56.8. The van der Waals surface area contributed by atoms with Crippen LogP contribution in [-0.2, 0) is 23.7 Å². The Morgan fingerprint density at radius 3 is 2.24 bits per heavy atom. The lowest BCUT2D eigenvalue weighted by atomic mass is 9.51. The fraction of sp³-hybridized carbons (Fsp3) is 0.861. The molecule has 3 saturated heterocycles. The predicted molar refractivity (Wildman–Crippen MR) is 165 cm³/mol. The van der Waals surface area contributed by atoms with E-state index in [0.29, 0.717) is 5.57 Å². The molecule has 0 aromatic rings. The molecule has 1 unspecified atom stereocenters. The Kier molecular flexibility index (Phi) is 7.86. The lowest BCUT2D eigenvalue weighted by molar-refractivity contribution is -0.414. The van der Waals surface area contributed by atoms with Gasteiger partial charge in [-0.05, 0) is 37.2 Å². The number of hydrogen-bond acceptors (Lipinski definition) is 9. The third-order valence-electron chi connectivity index (χ3n) is 13.4. The number of carbonyl (C=O) groups is 1. The van der Waals surface area contributed by atoms with Crippen molar-refractivity contribution in [3.8, 4) is 0 Å². The van der Waals surface area contributed by atoms with Gasteiger partial charge >= 0.3 is 5.97 Å². The van der Waals surface area contributed by atoms with E-state index in [0.717, 1.165) is 38.5 Å². The van der Waals surface area contributed by atoms with Gasteiger partial charge in [-0.3, -0.25) is 4.79 Å². The predicted octanol–water partition coefficient (Wildman–Crippen LogP) is 3.95. The Bertz CT molecular complexity index is 1240. The average molecular weight is 631 g/mol. The molecule has 252 valence electrons. The molecule has 3 aliphatic carbocycles. The van der Waals surface area contributed by atoms with Crippen molar-refractivity contribution in [1.29, 1.82) is 0 Å². The Morgan fingerprint density at radius 2 is 1.60 bits per heavy atom. The molecule has 15 atom stereocenters. The van der Waals surface area contributed by atoms with E-state index in [4.69, 9.17) is 18.9 Å². The van der Waals surface area contributed by atoms with Crippen molar-refractivity contribution < 1.29 is 44.2 Å². The molecule has 9 heteroatoms. The van der Waals surface area contributed by atoms with Crippen molar-refractivity contribution in [2.24, 2.45) is 35.5 Å². The molecule has 7 rings (SSSR count).